The van der Waals surface area contributed by atoms with Gasteiger partial charge in [-0.1, -0.05) is 18.5 Å². The first-order chi connectivity index (χ1) is 18.7. The molecule has 1 spiro atoms. The minimum Gasteiger partial charge on any atom is -0.496 e. The van der Waals surface area contributed by atoms with Crippen LogP contribution >= 0.6 is 11.6 Å². The van der Waals surface area contributed by atoms with Gasteiger partial charge in [0.1, 0.15) is 27.8 Å². The van der Waals surface area contributed by atoms with E-state index in [1.165, 1.54) is 41.6 Å². The third-order valence-electron chi connectivity index (χ3n) is 7.67. The van der Waals surface area contributed by atoms with Crippen LogP contribution in [-0.4, -0.2) is 58.6 Å². The Bertz CT molecular complexity index is 1450. The fraction of sp³-hybridized carbons (Fsp3) is 0.393. The fourth-order valence-electron chi connectivity index (χ4n) is 5.78. The number of Topliss-reactive ketones (excluding diaryl/α,β-unsaturated/α-hetero) is 2. The van der Waals surface area contributed by atoms with E-state index in [2.05, 4.69) is 5.32 Å². The Labute approximate surface area is 230 Å². The van der Waals surface area contributed by atoms with Crippen LogP contribution in [0, 0.1) is 5.92 Å². The maximum absolute atomic E-state index is 14.5. The van der Waals surface area contributed by atoms with E-state index in [0.29, 0.717) is 28.5 Å². The third-order valence-corrected chi connectivity index (χ3v) is 8.03. The van der Waals surface area contributed by atoms with Crippen LogP contribution in [0.25, 0.3) is 0 Å². The van der Waals surface area contributed by atoms with E-state index >= 15 is 0 Å². The van der Waals surface area contributed by atoms with Crippen LogP contribution in [0.4, 0.5) is 0 Å². The molecular formula is C28H28ClNO9. The number of nitrogens with one attached hydrogen (secondary N) is 1. The van der Waals surface area contributed by atoms with Crippen molar-refractivity contribution in [3.05, 3.63) is 45.6 Å². The summed E-state index contributed by atoms with van der Waals surface area (Å²) in [6, 6.07) is 4.80. The summed E-state index contributed by atoms with van der Waals surface area (Å²) in [5.74, 6) is -1.08. The van der Waals surface area contributed by atoms with E-state index in [9.17, 15) is 14.4 Å². The summed E-state index contributed by atoms with van der Waals surface area (Å²) in [7, 11) is 7.30. The van der Waals surface area contributed by atoms with Crippen LogP contribution in [0.15, 0.2) is 29.5 Å². The molecule has 39 heavy (non-hydrogen) atoms. The van der Waals surface area contributed by atoms with Gasteiger partial charge in [0.15, 0.2) is 17.2 Å². The van der Waals surface area contributed by atoms with E-state index in [4.69, 9.17) is 40.0 Å². The predicted molar refractivity (Wildman–Crippen MR) is 140 cm³/mol. The first kappa shape index (κ1) is 26.7. The number of ether oxygens (including phenoxy) is 6. The highest BCUT2D eigenvalue weighted by Gasteiger charge is 2.63. The molecule has 1 amide bonds. The van der Waals surface area contributed by atoms with Crippen molar-refractivity contribution in [2.45, 2.75) is 31.3 Å². The van der Waals surface area contributed by atoms with E-state index in [-0.39, 0.29) is 52.2 Å². The SMILES string of the molecule is COc1cc(OC)c([C@@H]2CC(=O)NC3=C2C(=O)[C@@]2(Oc4c(Cl)c(OC)cc(OC)c4C2=O)[C@H](C)C3)cc1OC. The highest BCUT2D eigenvalue weighted by atomic mass is 35.5. The van der Waals surface area contributed by atoms with Gasteiger partial charge in [-0.2, -0.15) is 0 Å². The van der Waals surface area contributed by atoms with Gasteiger partial charge >= 0.3 is 0 Å². The second-order valence-corrected chi connectivity index (χ2v) is 9.92. The number of carbonyl (C=O) groups is 3. The van der Waals surface area contributed by atoms with Crippen molar-refractivity contribution in [2.24, 2.45) is 5.92 Å². The maximum Gasteiger partial charge on any atom is 0.236 e. The number of ketones is 2. The number of fused-ring (bicyclic) bond motifs is 1. The van der Waals surface area contributed by atoms with Crippen LogP contribution < -0.4 is 33.7 Å². The number of benzene rings is 2. The molecule has 2 aliphatic heterocycles. The van der Waals surface area contributed by atoms with E-state index in [1.54, 1.807) is 19.1 Å². The molecule has 0 aromatic heterocycles. The van der Waals surface area contributed by atoms with Crippen LogP contribution in [0.5, 0.6) is 34.5 Å². The summed E-state index contributed by atoms with van der Waals surface area (Å²) in [5.41, 5.74) is -0.585. The highest BCUT2D eigenvalue weighted by Crippen LogP contribution is 2.56. The normalized spacial score (nSPS) is 23.6. The molecule has 11 heteroatoms. The summed E-state index contributed by atoms with van der Waals surface area (Å²) < 4.78 is 33.6. The minimum atomic E-state index is -1.91. The van der Waals surface area contributed by atoms with Crippen molar-refractivity contribution < 1.29 is 42.8 Å². The summed E-state index contributed by atoms with van der Waals surface area (Å²) in [5, 5.41) is 2.91. The third kappa shape index (κ3) is 3.72. The Morgan fingerprint density at radius 2 is 1.41 bits per heavy atom. The van der Waals surface area contributed by atoms with Crippen molar-refractivity contribution >= 4 is 29.1 Å². The first-order valence-electron chi connectivity index (χ1n) is 12.2. The van der Waals surface area contributed by atoms with Crippen molar-refractivity contribution in [2.75, 3.05) is 35.5 Å². The lowest BCUT2D eigenvalue weighted by molar-refractivity contribution is -0.131. The second-order valence-electron chi connectivity index (χ2n) is 9.55. The Balaban J connectivity index is 1.69. The van der Waals surface area contributed by atoms with E-state index < -0.39 is 29.0 Å². The monoisotopic (exact) mass is 557 g/mol. The molecule has 3 aliphatic rings. The zero-order valence-electron chi connectivity index (χ0n) is 22.4. The number of rotatable bonds is 6. The molecule has 5 rings (SSSR count). The number of carbonyl (C=O) groups excluding carboxylic acids is 3. The molecule has 3 atom stereocenters. The molecule has 0 bridgehead atoms. The Kier molecular flexibility index (Phi) is 6.62. The zero-order valence-corrected chi connectivity index (χ0v) is 23.1. The van der Waals surface area contributed by atoms with E-state index in [1.807, 2.05) is 0 Å². The minimum absolute atomic E-state index is 0.0298. The average Bonchev–Trinajstić information content (AvgIpc) is 3.25. The molecule has 0 fully saturated rings. The number of hydrogen-bond acceptors (Lipinski definition) is 9. The number of methoxy groups -OCH3 is 5. The van der Waals surface area contributed by atoms with Gasteiger partial charge < -0.3 is 33.7 Å². The molecule has 2 aromatic carbocycles. The lowest BCUT2D eigenvalue weighted by Gasteiger charge is -2.41. The molecule has 0 unspecified atom stereocenters. The van der Waals surface area contributed by atoms with Crippen LogP contribution in [-0.2, 0) is 9.59 Å². The van der Waals surface area contributed by atoms with Crippen molar-refractivity contribution in [3.8, 4) is 34.5 Å². The van der Waals surface area contributed by atoms with Gasteiger partial charge in [0, 0.05) is 47.2 Å². The largest absolute Gasteiger partial charge is 0.496 e. The standard InChI is InChI=1S/C28H28ClNO9/c1-12-7-15-22(14(9-21(31)30-15)13-8-17(35-3)18(36-4)10-16(13)34-2)26(32)28(12)27(33)23-19(37-5)11-20(38-6)24(29)25(23)39-28/h8,10-12,14H,7,9H2,1-6H3,(H,30,31)/t12-,14+,28+/m1/s1. The molecule has 0 saturated carbocycles. The van der Waals surface area contributed by atoms with Crippen LogP contribution in [0.1, 0.15) is 41.6 Å². The van der Waals surface area contributed by atoms with Crippen molar-refractivity contribution in [1.29, 1.82) is 0 Å². The summed E-state index contributed by atoms with van der Waals surface area (Å²) >= 11 is 6.55. The smallest absolute Gasteiger partial charge is 0.236 e. The average molecular weight is 558 g/mol. The predicted octanol–water partition coefficient (Wildman–Crippen LogP) is 3.86. The Hall–Kier alpha value is -3.92. The summed E-state index contributed by atoms with van der Waals surface area (Å²) in [6.07, 6.45) is 0.148. The number of hydrogen-bond donors (Lipinski definition) is 1. The molecule has 0 radical (unpaired) electrons. The van der Waals surface area contributed by atoms with Gasteiger partial charge in [0.2, 0.25) is 23.1 Å². The zero-order chi connectivity index (χ0) is 28.2. The highest BCUT2D eigenvalue weighted by molar-refractivity contribution is 6.36. The van der Waals surface area contributed by atoms with Gasteiger partial charge in [0.05, 0.1) is 35.5 Å². The van der Waals surface area contributed by atoms with Crippen LogP contribution in [0.3, 0.4) is 0 Å². The number of allylic oxidation sites excluding steroid dienone is 1. The molecule has 10 nitrogen and oxygen atoms in total. The first-order valence-corrected chi connectivity index (χ1v) is 12.6. The van der Waals surface area contributed by atoms with Gasteiger partial charge in [-0.25, -0.2) is 0 Å². The van der Waals surface area contributed by atoms with Gasteiger partial charge in [0.25, 0.3) is 0 Å². The molecule has 206 valence electrons. The fourth-order valence-corrected chi connectivity index (χ4v) is 6.05. The molecule has 2 heterocycles. The van der Waals surface area contributed by atoms with Gasteiger partial charge in [-0.05, 0) is 12.5 Å². The summed E-state index contributed by atoms with van der Waals surface area (Å²) in [6.45, 7) is 1.73. The quantitative estimate of drug-likeness (QED) is 0.528. The second kappa shape index (κ2) is 9.68. The Morgan fingerprint density at radius 3 is 2.03 bits per heavy atom. The van der Waals surface area contributed by atoms with Crippen LogP contribution in [0.2, 0.25) is 5.02 Å². The molecule has 0 saturated heterocycles. The van der Waals surface area contributed by atoms with E-state index in [0.717, 1.165) is 0 Å². The maximum atomic E-state index is 14.5. The molecule has 1 N–H and O–H groups in total. The van der Waals surface area contributed by atoms with Gasteiger partial charge in [-0.3, -0.25) is 14.4 Å². The number of amides is 1. The molecular weight excluding hydrogens is 530 g/mol. The topological polar surface area (TPSA) is 119 Å². The van der Waals surface area contributed by atoms with Gasteiger partial charge in [-0.15, -0.1) is 0 Å². The molecule has 2 aromatic rings. The van der Waals surface area contributed by atoms with Crippen molar-refractivity contribution in [3.63, 3.8) is 0 Å². The number of halogens is 1. The summed E-state index contributed by atoms with van der Waals surface area (Å²) in [4.78, 5) is 41.5. The lowest BCUT2D eigenvalue weighted by atomic mass is 9.66. The van der Waals surface area contributed by atoms with Crippen molar-refractivity contribution in [1.82, 2.24) is 5.32 Å². The molecule has 1 aliphatic carbocycles. The lowest BCUT2D eigenvalue weighted by Crippen LogP contribution is -2.59. The Morgan fingerprint density at radius 1 is 0.821 bits per heavy atom.